The highest BCUT2D eigenvalue weighted by Crippen LogP contribution is 2.68. The molecule has 2 aliphatic heterocycles. The Hall–Kier alpha value is -1.86. The highest BCUT2D eigenvalue weighted by molar-refractivity contribution is 5.55. The molecule has 1 aromatic heterocycles. The molecule has 0 bridgehead atoms. The number of carbonyl (C=O) groups is 1. The molecule has 1 aromatic rings. The molecule has 27 heavy (non-hydrogen) atoms. The van der Waals surface area contributed by atoms with Gasteiger partial charge in [0.05, 0.1) is 0 Å². The average molecular weight is 382 g/mol. The van der Waals surface area contributed by atoms with Crippen molar-refractivity contribution in [1.82, 2.24) is 9.97 Å². The number of anilines is 2. The fraction of sp³-hybridized carbons (Fsp3) is 0.737. The Balaban J connectivity index is 1.64. The first-order valence-electron chi connectivity index (χ1n) is 9.60. The van der Waals surface area contributed by atoms with Gasteiger partial charge < -0.3 is 14.6 Å². The summed E-state index contributed by atoms with van der Waals surface area (Å²) in [6.45, 7) is 8.22. The molecule has 5 nitrogen and oxygen atoms in total. The second-order valence-corrected chi connectivity index (χ2v) is 8.50. The van der Waals surface area contributed by atoms with Crippen LogP contribution in [0.25, 0.3) is 0 Å². The highest BCUT2D eigenvalue weighted by Gasteiger charge is 2.69. The van der Waals surface area contributed by atoms with Crippen molar-refractivity contribution in [1.29, 1.82) is 0 Å². The first-order chi connectivity index (χ1) is 12.7. The molecule has 1 saturated carbocycles. The van der Waals surface area contributed by atoms with Crippen molar-refractivity contribution in [2.24, 2.45) is 23.2 Å². The smallest absolute Gasteiger partial charge is 0.356 e. The molecule has 0 N–H and O–H groups in total. The summed E-state index contributed by atoms with van der Waals surface area (Å²) >= 11 is 0. The maximum atomic E-state index is 13.4. The van der Waals surface area contributed by atoms with Crippen molar-refractivity contribution in [2.75, 3.05) is 29.4 Å². The van der Waals surface area contributed by atoms with Gasteiger partial charge in [-0.15, -0.1) is 0 Å². The lowest BCUT2D eigenvalue weighted by Crippen LogP contribution is -2.47. The molecule has 0 radical (unpaired) electrons. The van der Waals surface area contributed by atoms with E-state index in [2.05, 4.69) is 23.8 Å². The Morgan fingerprint density at radius 1 is 1.37 bits per heavy atom. The van der Waals surface area contributed by atoms with Crippen LogP contribution < -0.4 is 9.80 Å². The monoisotopic (exact) mass is 382 g/mol. The minimum atomic E-state index is -4.50. The third kappa shape index (κ3) is 2.79. The van der Waals surface area contributed by atoms with Crippen LogP contribution in [-0.4, -0.2) is 41.9 Å². The van der Waals surface area contributed by atoms with Gasteiger partial charge in [-0.3, -0.25) is 0 Å². The summed E-state index contributed by atoms with van der Waals surface area (Å²) in [4.78, 5) is 23.0. The number of aromatic nitrogens is 2. The van der Waals surface area contributed by atoms with Crippen molar-refractivity contribution in [3.63, 3.8) is 0 Å². The molecular weight excluding hydrogens is 357 g/mol. The minimum Gasteiger partial charge on any atom is -0.356 e. The van der Waals surface area contributed by atoms with Gasteiger partial charge in [0, 0.05) is 38.2 Å². The lowest BCUT2D eigenvalue weighted by molar-refractivity contribution is -0.141. The molecule has 3 unspecified atom stereocenters. The van der Waals surface area contributed by atoms with E-state index in [9.17, 15) is 18.0 Å². The summed E-state index contributed by atoms with van der Waals surface area (Å²) in [5, 5.41) is 0. The maximum absolute atomic E-state index is 13.4. The van der Waals surface area contributed by atoms with Crippen LogP contribution >= 0.6 is 0 Å². The zero-order valence-corrected chi connectivity index (χ0v) is 15.8. The number of hydrogen-bond acceptors (Lipinski definition) is 5. The molecule has 0 spiro atoms. The lowest BCUT2D eigenvalue weighted by atomic mass is 9.88. The molecular formula is C19H25F3N4O. The molecule has 3 fully saturated rings. The van der Waals surface area contributed by atoms with Gasteiger partial charge in [0.1, 0.15) is 12.1 Å². The van der Waals surface area contributed by atoms with Crippen LogP contribution in [0.15, 0.2) is 6.07 Å². The number of fused-ring (bicyclic) bond motifs is 1. The van der Waals surface area contributed by atoms with E-state index in [-0.39, 0.29) is 17.4 Å². The Kier molecular flexibility index (Phi) is 4.16. The summed E-state index contributed by atoms with van der Waals surface area (Å²) < 4.78 is 40.2. The number of carbonyl (C=O) groups excluding carboxylic acids is 1. The van der Waals surface area contributed by atoms with E-state index in [0.717, 1.165) is 18.8 Å². The van der Waals surface area contributed by atoms with Crippen molar-refractivity contribution in [3.8, 4) is 0 Å². The van der Waals surface area contributed by atoms with Gasteiger partial charge in [0.25, 0.3) is 0 Å². The third-order valence-corrected chi connectivity index (χ3v) is 6.96. The SMILES string of the molecule is CC(C)C12CN(c3cc(C(F)(F)F)nc(N4CC[C@@H]4C)n3)CC1C2CC=O. The predicted molar refractivity (Wildman–Crippen MR) is 95.6 cm³/mol. The summed E-state index contributed by atoms with van der Waals surface area (Å²) in [7, 11) is 0. The van der Waals surface area contributed by atoms with Crippen LogP contribution in [0.3, 0.4) is 0 Å². The van der Waals surface area contributed by atoms with Crippen molar-refractivity contribution in [2.45, 2.75) is 45.8 Å². The van der Waals surface area contributed by atoms with Crippen LogP contribution in [0.5, 0.6) is 0 Å². The summed E-state index contributed by atoms with van der Waals surface area (Å²) in [6.07, 6.45) is -2.07. The molecule has 1 aliphatic carbocycles. The van der Waals surface area contributed by atoms with Crippen LogP contribution in [0.2, 0.25) is 0 Å². The Labute approximate surface area is 157 Å². The molecule has 4 atom stereocenters. The van der Waals surface area contributed by atoms with E-state index >= 15 is 0 Å². The van der Waals surface area contributed by atoms with Crippen molar-refractivity contribution in [3.05, 3.63) is 11.8 Å². The largest absolute Gasteiger partial charge is 0.433 e. The summed E-state index contributed by atoms with van der Waals surface area (Å²) in [6, 6.07) is 1.23. The van der Waals surface area contributed by atoms with Crippen LogP contribution in [0, 0.1) is 23.2 Å². The first kappa shape index (κ1) is 18.5. The molecule has 0 aromatic carbocycles. The fourth-order valence-corrected chi connectivity index (χ4v) is 5.17. The van der Waals surface area contributed by atoms with E-state index < -0.39 is 11.9 Å². The molecule has 4 rings (SSSR count). The highest BCUT2D eigenvalue weighted by atomic mass is 19.4. The number of rotatable bonds is 5. The maximum Gasteiger partial charge on any atom is 0.433 e. The topological polar surface area (TPSA) is 49.3 Å². The van der Waals surface area contributed by atoms with E-state index in [0.29, 0.717) is 49.6 Å². The molecule has 2 saturated heterocycles. The number of halogens is 3. The number of alkyl halides is 3. The normalized spacial score (nSPS) is 32.5. The molecule has 0 amide bonds. The zero-order valence-electron chi connectivity index (χ0n) is 15.8. The van der Waals surface area contributed by atoms with Gasteiger partial charge in [-0.2, -0.15) is 18.2 Å². The van der Waals surface area contributed by atoms with Crippen molar-refractivity contribution < 1.29 is 18.0 Å². The molecule has 3 heterocycles. The van der Waals surface area contributed by atoms with Crippen molar-refractivity contribution >= 4 is 18.1 Å². The van der Waals surface area contributed by atoms with Crippen LogP contribution in [0.4, 0.5) is 24.9 Å². The van der Waals surface area contributed by atoms with E-state index in [1.807, 2.05) is 16.7 Å². The number of aldehydes is 1. The fourth-order valence-electron chi connectivity index (χ4n) is 5.17. The average Bonchev–Trinajstić information content (AvgIpc) is 2.99. The standard InChI is InChI=1S/C19H25F3N4O/c1-11(2)18-10-25(9-14(18)13(18)5-7-27)16-8-15(19(20,21)22)23-17(24-16)26-6-4-12(26)3/h7-8,11-14H,4-6,9-10H2,1-3H3/t12-,13?,14?,18?/m0/s1. The predicted octanol–water partition coefficient (Wildman–Crippen LogP) is 3.39. The van der Waals surface area contributed by atoms with E-state index in [1.165, 1.54) is 0 Å². The van der Waals surface area contributed by atoms with E-state index in [4.69, 9.17) is 0 Å². The summed E-state index contributed by atoms with van der Waals surface area (Å²) in [5.74, 6) is 1.57. The van der Waals surface area contributed by atoms with Gasteiger partial charge in [-0.25, -0.2) is 4.98 Å². The van der Waals surface area contributed by atoms with Gasteiger partial charge >= 0.3 is 6.18 Å². The van der Waals surface area contributed by atoms with Gasteiger partial charge in [0.15, 0.2) is 5.69 Å². The third-order valence-electron chi connectivity index (χ3n) is 6.96. The van der Waals surface area contributed by atoms with Crippen LogP contribution in [-0.2, 0) is 11.0 Å². The first-order valence-corrected chi connectivity index (χ1v) is 9.60. The summed E-state index contributed by atoms with van der Waals surface area (Å²) in [5.41, 5.74) is -0.876. The van der Waals surface area contributed by atoms with Crippen LogP contribution in [0.1, 0.15) is 39.3 Å². The van der Waals surface area contributed by atoms with E-state index in [1.54, 1.807) is 0 Å². The number of hydrogen-bond donors (Lipinski definition) is 0. The number of nitrogens with zero attached hydrogens (tertiary/aromatic N) is 4. The number of piperidine rings is 1. The van der Waals surface area contributed by atoms with Gasteiger partial charge in [0.2, 0.25) is 5.95 Å². The Bertz CT molecular complexity index is 753. The molecule has 148 valence electrons. The van der Waals surface area contributed by atoms with Gasteiger partial charge in [-0.05, 0) is 36.5 Å². The quantitative estimate of drug-likeness (QED) is 0.731. The lowest BCUT2D eigenvalue weighted by Gasteiger charge is -2.39. The van der Waals surface area contributed by atoms with Gasteiger partial charge in [-0.1, -0.05) is 13.8 Å². The Morgan fingerprint density at radius 2 is 2.11 bits per heavy atom. The molecule has 3 aliphatic rings. The molecule has 8 heteroatoms. The second-order valence-electron chi connectivity index (χ2n) is 8.50. The zero-order chi connectivity index (χ0) is 19.6. The second kappa shape index (κ2) is 6.07. The Morgan fingerprint density at radius 3 is 2.59 bits per heavy atom. The minimum absolute atomic E-state index is 0.00840.